The number of carboxylic acids is 1. The van der Waals surface area contributed by atoms with Crippen LogP contribution in [0.5, 0.6) is 0 Å². The van der Waals surface area contributed by atoms with Crippen LogP contribution in [0.15, 0.2) is 194 Å². The topological polar surface area (TPSA) is 111 Å². The molecule has 2 unspecified atom stereocenters. The van der Waals surface area contributed by atoms with E-state index < -0.39 is 30.3 Å². The average Bonchev–Trinajstić information content (AvgIpc) is 3.46. The molecule has 9 heteroatoms. The van der Waals surface area contributed by atoms with Crippen molar-refractivity contribution in [2.45, 2.75) is 206 Å². The van der Waals surface area contributed by atoms with Gasteiger partial charge in [0.05, 0.1) is 40.3 Å². The van der Waals surface area contributed by atoms with E-state index in [4.69, 9.17) is 18.9 Å². The van der Waals surface area contributed by atoms with Gasteiger partial charge in [-0.1, -0.05) is 234 Å². The minimum absolute atomic E-state index is 0.125. The second-order valence-corrected chi connectivity index (χ2v) is 21.2. The van der Waals surface area contributed by atoms with Gasteiger partial charge in [0.25, 0.3) is 0 Å². The lowest BCUT2D eigenvalue weighted by Gasteiger charge is -2.26. The highest BCUT2D eigenvalue weighted by Crippen LogP contribution is 2.12. The lowest BCUT2D eigenvalue weighted by molar-refractivity contribution is -0.870. The van der Waals surface area contributed by atoms with Gasteiger partial charge in [0.1, 0.15) is 13.2 Å². The van der Waals surface area contributed by atoms with E-state index in [1.807, 2.05) is 21.1 Å². The van der Waals surface area contributed by atoms with Gasteiger partial charge in [0.15, 0.2) is 12.4 Å². The zero-order chi connectivity index (χ0) is 60.5. The predicted octanol–water partition coefficient (Wildman–Crippen LogP) is 18.1. The van der Waals surface area contributed by atoms with Crippen molar-refractivity contribution < 1.29 is 42.9 Å². The van der Waals surface area contributed by atoms with E-state index >= 15 is 0 Å². The molecule has 0 aliphatic heterocycles. The van der Waals surface area contributed by atoms with Gasteiger partial charge >= 0.3 is 11.9 Å². The van der Waals surface area contributed by atoms with Crippen molar-refractivity contribution in [1.82, 2.24) is 0 Å². The third-order valence-electron chi connectivity index (χ3n) is 12.3. The summed E-state index contributed by atoms with van der Waals surface area (Å²) in [7, 11) is 5.89. The molecule has 0 aliphatic carbocycles. The molecule has 0 bridgehead atoms. The molecule has 0 amide bonds. The highest BCUT2D eigenvalue weighted by atomic mass is 16.7. The third kappa shape index (κ3) is 63.6. The summed E-state index contributed by atoms with van der Waals surface area (Å²) in [6, 6.07) is 0. The molecule has 2 atom stereocenters. The quantitative estimate of drug-likeness (QED) is 0.0195. The van der Waals surface area contributed by atoms with Gasteiger partial charge in [-0.05, 0) is 141 Å². The minimum atomic E-state index is -1.65. The molecule has 83 heavy (non-hydrogen) atoms. The van der Waals surface area contributed by atoms with Crippen molar-refractivity contribution in [1.29, 1.82) is 0 Å². The number of carboxylic acid groups (broad SMARTS) is 1. The van der Waals surface area contributed by atoms with Gasteiger partial charge < -0.3 is 33.3 Å². The average molecular weight is 1140 g/mol. The number of carbonyl (C=O) groups is 3. The Kier molecular flexibility index (Phi) is 57.8. The molecule has 0 saturated heterocycles. The Morgan fingerprint density at radius 2 is 0.651 bits per heavy atom. The van der Waals surface area contributed by atoms with Gasteiger partial charge in [0.2, 0.25) is 0 Å². The molecular weight excluding hydrogens is 1030 g/mol. The number of carbonyl (C=O) groups excluding carboxylic acids is 3. The normalized spacial score (nSPS) is 14.1. The van der Waals surface area contributed by atoms with Crippen molar-refractivity contribution in [3.63, 3.8) is 0 Å². The van der Waals surface area contributed by atoms with Gasteiger partial charge in [0, 0.05) is 12.8 Å². The van der Waals surface area contributed by atoms with Crippen LogP contribution in [0.1, 0.15) is 194 Å². The van der Waals surface area contributed by atoms with Gasteiger partial charge in [-0.3, -0.25) is 9.59 Å². The maximum absolute atomic E-state index is 12.9. The second kappa shape index (κ2) is 62.2. The fourth-order valence-electron chi connectivity index (χ4n) is 7.56. The maximum Gasteiger partial charge on any atom is 0.306 e. The fraction of sp³-hybridized carbons (Fsp3) is 0.527. The third-order valence-corrected chi connectivity index (χ3v) is 12.3. The van der Waals surface area contributed by atoms with Crippen LogP contribution in [0, 0.1) is 0 Å². The Hall–Kier alpha value is -5.87. The first-order chi connectivity index (χ1) is 40.6. The first-order valence-corrected chi connectivity index (χ1v) is 31.6. The van der Waals surface area contributed by atoms with Crippen molar-refractivity contribution in [2.75, 3.05) is 47.5 Å². The maximum atomic E-state index is 12.9. The number of esters is 2. The molecule has 0 aliphatic rings. The summed E-state index contributed by atoms with van der Waals surface area (Å²) in [4.78, 5) is 37.4. The Labute approximate surface area is 506 Å². The van der Waals surface area contributed by atoms with E-state index in [1.165, 1.54) is 0 Å². The van der Waals surface area contributed by atoms with Crippen molar-refractivity contribution in [3.05, 3.63) is 194 Å². The second-order valence-electron chi connectivity index (χ2n) is 21.2. The zero-order valence-corrected chi connectivity index (χ0v) is 52.5. The highest BCUT2D eigenvalue weighted by Gasteiger charge is 2.22. The van der Waals surface area contributed by atoms with E-state index in [2.05, 4.69) is 208 Å². The summed E-state index contributed by atoms with van der Waals surface area (Å²) in [5, 5.41) is 11.8. The Bertz CT molecular complexity index is 2060. The van der Waals surface area contributed by atoms with Crippen LogP contribution in [0.3, 0.4) is 0 Å². The van der Waals surface area contributed by atoms with Crippen LogP contribution in [0.25, 0.3) is 0 Å². The Balaban J connectivity index is 4.38. The summed E-state index contributed by atoms with van der Waals surface area (Å²) in [6.07, 6.45) is 93.4. The minimum Gasteiger partial charge on any atom is -0.545 e. The van der Waals surface area contributed by atoms with Crippen LogP contribution < -0.4 is 5.11 Å². The van der Waals surface area contributed by atoms with Gasteiger partial charge in [-0.15, -0.1) is 0 Å². The summed E-state index contributed by atoms with van der Waals surface area (Å²) in [5.74, 6) is -2.38. The number of hydrogen-bond donors (Lipinski definition) is 0. The van der Waals surface area contributed by atoms with Crippen molar-refractivity contribution in [3.8, 4) is 0 Å². The summed E-state index contributed by atoms with van der Waals surface area (Å²) < 4.78 is 22.7. The fourth-order valence-corrected chi connectivity index (χ4v) is 7.56. The number of rotatable bonds is 55. The molecule has 462 valence electrons. The van der Waals surface area contributed by atoms with Crippen LogP contribution in [0.4, 0.5) is 0 Å². The standard InChI is InChI=1S/C74H113NO8/c1-6-8-10-12-14-16-18-20-22-24-26-28-30-32-33-34-35-36-37-38-39-41-43-45-47-49-51-53-55-57-59-61-63-65-72(77)83-70(69-82-74(73(78)79)80-67-66-75(3,4)5)68-81-71(76)64-62-60-58-56-54-52-50-48-46-44-42-40-31-29-27-25-23-21-19-17-15-13-11-9-7-2/h8-11,14-17,20-23,26-29,32-33,35-36,38-40,42-43,45-46,48-49,51-52,54,70,74H,6-7,12-13,18-19,24-25,30-31,34,37,41,44,47,50,53,55-69H2,1-5H3/b10-8-,11-9-,16-14-,17-15-,22-20-,23-21-,28-26-,29-27-,33-32-,36-35-,39-38-,42-40-,45-43-,48-46-,51-49-,54-52-. The molecule has 0 aromatic heterocycles. The summed E-state index contributed by atoms with van der Waals surface area (Å²) >= 11 is 0. The predicted molar refractivity (Wildman–Crippen MR) is 351 cm³/mol. The van der Waals surface area contributed by atoms with Crippen molar-refractivity contribution >= 4 is 17.9 Å². The van der Waals surface area contributed by atoms with Crippen LogP contribution in [-0.4, -0.2) is 82.3 Å². The molecule has 0 rings (SSSR count). The Morgan fingerprint density at radius 1 is 0.361 bits per heavy atom. The number of aliphatic carboxylic acids is 1. The number of hydrogen-bond acceptors (Lipinski definition) is 8. The monoisotopic (exact) mass is 1140 g/mol. The number of likely N-dealkylation sites (N-methyl/N-ethyl adjacent to an activating group) is 1. The number of unbranched alkanes of at least 4 members (excludes halogenated alkanes) is 8. The number of nitrogens with zero attached hydrogens (tertiary/aromatic N) is 1. The van der Waals surface area contributed by atoms with Crippen molar-refractivity contribution in [2.24, 2.45) is 0 Å². The Morgan fingerprint density at radius 3 is 0.976 bits per heavy atom. The number of ether oxygens (including phenoxy) is 4. The molecule has 9 nitrogen and oxygen atoms in total. The lowest BCUT2D eigenvalue weighted by atomic mass is 10.1. The van der Waals surface area contributed by atoms with E-state index in [1.54, 1.807) is 0 Å². The number of quaternary nitrogens is 1. The lowest BCUT2D eigenvalue weighted by Crippen LogP contribution is -2.44. The molecule has 0 N–H and O–H groups in total. The summed E-state index contributed by atoms with van der Waals surface area (Å²) in [5.41, 5.74) is 0. The molecule has 0 fully saturated rings. The molecular formula is C74H113NO8. The SMILES string of the molecule is CC/C=C\C/C=C\C/C=C\C/C=C\C/C=C\C/C=C\C/C=C\C/C=C\C/C=C\CCCCCCCC(=O)OC(COC(=O)CCCCC/C=C\C/C=C\C/C=C\C/C=C\C/C=C\C/C=C\C/C=C\CC)COC(OCC[N+](C)(C)C)C(=O)[O-]. The first-order valence-electron chi connectivity index (χ1n) is 31.6. The molecule has 0 spiro atoms. The van der Waals surface area contributed by atoms with E-state index in [0.717, 1.165) is 154 Å². The molecule has 0 aromatic rings. The van der Waals surface area contributed by atoms with Crippen LogP contribution in [-0.2, 0) is 33.3 Å². The van der Waals surface area contributed by atoms with Crippen LogP contribution in [0.2, 0.25) is 0 Å². The van der Waals surface area contributed by atoms with Gasteiger partial charge in [-0.25, -0.2) is 0 Å². The van der Waals surface area contributed by atoms with Crippen LogP contribution >= 0.6 is 0 Å². The van der Waals surface area contributed by atoms with E-state index in [9.17, 15) is 19.5 Å². The largest absolute Gasteiger partial charge is 0.545 e. The smallest absolute Gasteiger partial charge is 0.306 e. The summed E-state index contributed by atoms with van der Waals surface area (Å²) in [6.45, 7) is 4.42. The zero-order valence-electron chi connectivity index (χ0n) is 52.5. The molecule has 0 saturated carbocycles. The number of allylic oxidation sites excluding steroid dienone is 32. The molecule has 0 aromatic carbocycles. The van der Waals surface area contributed by atoms with E-state index in [-0.39, 0.29) is 32.7 Å². The molecule has 0 radical (unpaired) electrons. The van der Waals surface area contributed by atoms with Gasteiger partial charge in [-0.2, -0.15) is 0 Å². The molecule has 0 heterocycles. The first kappa shape index (κ1) is 77.1. The van der Waals surface area contributed by atoms with E-state index in [0.29, 0.717) is 23.9 Å². The highest BCUT2D eigenvalue weighted by molar-refractivity contribution is 5.70.